The number of allylic oxidation sites excluding steroid dienone is 4. The van der Waals surface area contributed by atoms with Gasteiger partial charge in [-0.05, 0) is 57.4 Å². The number of ether oxygens (including phenoxy) is 1. The number of aryl methyl sites for hydroxylation is 1. The third-order valence-electron chi connectivity index (χ3n) is 5.13. The summed E-state index contributed by atoms with van der Waals surface area (Å²) in [5.41, 5.74) is 13.4. The molecule has 0 aliphatic carbocycles. The van der Waals surface area contributed by atoms with Gasteiger partial charge in [0.1, 0.15) is 5.82 Å². The van der Waals surface area contributed by atoms with Gasteiger partial charge in [0, 0.05) is 11.1 Å². The fourth-order valence-corrected chi connectivity index (χ4v) is 3.08. The standard InChI is InChI=1S/C22H28N4O/c1-7-14(2)15(3)20(17(5)27-6)13-26-22(24)21(16(4)25-26)19-10-8-18(12-23)9-11-19/h8-11H,7,13,24H2,1-6H3/b15-14?,20-17-. The molecular formula is C22H28N4O. The Balaban J connectivity index is 2.49. The highest BCUT2D eigenvalue weighted by Crippen LogP contribution is 2.31. The van der Waals surface area contributed by atoms with Crippen molar-refractivity contribution in [2.24, 2.45) is 0 Å². The van der Waals surface area contributed by atoms with Gasteiger partial charge in [-0.2, -0.15) is 10.4 Å². The van der Waals surface area contributed by atoms with Crippen LogP contribution in [0.15, 0.2) is 46.7 Å². The molecular weight excluding hydrogens is 336 g/mol. The number of aromatic nitrogens is 2. The molecule has 0 saturated heterocycles. The van der Waals surface area contributed by atoms with Crippen LogP contribution in [0.25, 0.3) is 11.1 Å². The Morgan fingerprint density at radius 3 is 2.37 bits per heavy atom. The molecule has 1 heterocycles. The van der Waals surface area contributed by atoms with Crippen LogP contribution in [0.3, 0.4) is 0 Å². The van der Waals surface area contributed by atoms with E-state index in [1.807, 2.05) is 30.7 Å². The predicted molar refractivity (Wildman–Crippen MR) is 110 cm³/mol. The number of hydrogen-bond acceptors (Lipinski definition) is 4. The Morgan fingerprint density at radius 1 is 1.22 bits per heavy atom. The third kappa shape index (κ3) is 4.22. The van der Waals surface area contributed by atoms with E-state index in [1.54, 1.807) is 19.2 Å². The zero-order chi connectivity index (χ0) is 20.1. The fourth-order valence-electron chi connectivity index (χ4n) is 3.08. The van der Waals surface area contributed by atoms with Gasteiger partial charge >= 0.3 is 0 Å². The lowest BCUT2D eigenvalue weighted by Crippen LogP contribution is -2.10. The second-order valence-electron chi connectivity index (χ2n) is 6.69. The number of anilines is 1. The number of benzene rings is 1. The molecule has 0 fully saturated rings. The summed E-state index contributed by atoms with van der Waals surface area (Å²) in [6.45, 7) is 10.9. The van der Waals surface area contributed by atoms with E-state index in [0.717, 1.165) is 34.6 Å². The Kier molecular flexibility index (Phi) is 6.46. The first-order chi connectivity index (χ1) is 12.8. The van der Waals surface area contributed by atoms with Crippen molar-refractivity contribution >= 4 is 5.82 Å². The Morgan fingerprint density at radius 2 is 1.85 bits per heavy atom. The first-order valence-electron chi connectivity index (χ1n) is 9.07. The quantitative estimate of drug-likeness (QED) is 0.579. The molecule has 5 heteroatoms. The van der Waals surface area contributed by atoms with Gasteiger partial charge in [0.25, 0.3) is 0 Å². The highest BCUT2D eigenvalue weighted by Gasteiger charge is 2.17. The van der Waals surface area contributed by atoms with E-state index in [1.165, 1.54) is 11.1 Å². The molecule has 0 atom stereocenters. The lowest BCUT2D eigenvalue weighted by molar-refractivity contribution is 0.287. The molecule has 2 N–H and O–H groups in total. The van der Waals surface area contributed by atoms with Crippen molar-refractivity contribution < 1.29 is 4.74 Å². The van der Waals surface area contributed by atoms with E-state index in [4.69, 9.17) is 15.7 Å². The minimum Gasteiger partial charge on any atom is -0.501 e. The number of nitrogen functional groups attached to an aromatic ring is 1. The van der Waals surface area contributed by atoms with Crippen LogP contribution in [0.4, 0.5) is 5.82 Å². The Bertz CT molecular complexity index is 924. The van der Waals surface area contributed by atoms with Gasteiger partial charge in [-0.1, -0.05) is 24.6 Å². The molecule has 0 bridgehead atoms. The lowest BCUT2D eigenvalue weighted by atomic mass is 9.99. The molecule has 0 saturated carbocycles. The highest BCUT2D eigenvalue weighted by molar-refractivity contribution is 5.76. The van der Waals surface area contributed by atoms with Crippen molar-refractivity contribution in [3.8, 4) is 17.2 Å². The van der Waals surface area contributed by atoms with Gasteiger partial charge in [-0.25, -0.2) is 4.68 Å². The first kappa shape index (κ1) is 20.3. The summed E-state index contributed by atoms with van der Waals surface area (Å²) >= 11 is 0. The summed E-state index contributed by atoms with van der Waals surface area (Å²) in [5.74, 6) is 1.48. The normalized spacial score (nSPS) is 12.9. The second kappa shape index (κ2) is 8.59. The SMILES string of the molecule is CCC(C)=C(C)/C(Cn1nc(C)c(-c2ccc(C#N)cc2)c1N)=C(/C)OC. The number of nitrogens with zero attached hydrogens (tertiary/aromatic N) is 3. The maximum absolute atomic E-state index is 8.99. The molecule has 0 spiro atoms. The molecule has 1 aromatic carbocycles. The van der Waals surface area contributed by atoms with E-state index in [9.17, 15) is 0 Å². The summed E-state index contributed by atoms with van der Waals surface area (Å²) in [6, 6.07) is 9.55. The molecule has 0 amide bonds. The monoisotopic (exact) mass is 364 g/mol. The summed E-state index contributed by atoms with van der Waals surface area (Å²) in [5, 5.41) is 13.7. The summed E-state index contributed by atoms with van der Waals surface area (Å²) in [6.07, 6.45) is 0.983. The van der Waals surface area contributed by atoms with Crippen LogP contribution >= 0.6 is 0 Å². The molecule has 0 aliphatic heterocycles. The maximum Gasteiger partial charge on any atom is 0.130 e. The minimum absolute atomic E-state index is 0.547. The summed E-state index contributed by atoms with van der Waals surface area (Å²) in [4.78, 5) is 0. The first-order valence-corrected chi connectivity index (χ1v) is 9.07. The Hall–Kier alpha value is -3.00. The number of nitrogens with two attached hydrogens (primary N) is 1. The fraction of sp³-hybridized carbons (Fsp3) is 0.364. The second-order valence-corrected chi connectivity index (χ2v) is 6.69. The van der Waals surface area contributed by atoms with E-state index < -0.39 is 0 Å². The van der Waals surface area contributed by atoms with Gasteiger partial charge in [0.2, 0.25) is 0 Å². The Labute approximate surface area is 161 Å². The molecule has 1 aromatic heterocycles. The summed E-state index contributed by atoms with van der Waals surface area (Å²) in [7, 11) is 1.68. The van der Waals surface area contributed by atoms with E-state index >= 15 is 0 Å². The van der Waals surface area contributed by atoms with Gasteiger partial charge in [0.05, 0.1) is 36.7 Å². The van der Waals surface area contributed by atoms with Crippen molar-refractivity contribution in [3.63, 3.8) is 0 Å². The van der Waals surface area contributed by atoms with Gasteiger partial charge in [0.15, 0.2) is 0 Å². The van der Waals surface area contributed by atoms with Gasteiger partial charge in [-0.3, -0.25) is 0 Å². The molecule has 0 radical (unpaired) electrons. The van der Waals surface area contributed by atoms with Crippen LogP contribution in [0.5, 0.6) is 0 Å². The topological polar surface area (TPSA) is 76.9 Å². The number of methoxy groups -OCH3 is 1. The van der Waals surface area contributed by atoms with Crippen LogP contribution in [0.1, 0.15) is 45.4 Å². The zero-order valence-corrected chi connectivity index (χ0v) is 17.1. The highest BCUT2D eigenvalue weighted by atomic mass is 16.5. The van der Waals surface area contributed by atoms with Crippen molar-refractivity contribution in [3.05, 3.63) is 58.0 Å². The van der Waals surface area contributed by atoms with Gasteiger partial charge in [-0.15, -0.1) is 0 Å². The van der Waals surface area contributed by atoms with Crippen molar-refractivity contribution in [2.75, 3.05) is 12.8 Å². The van der Waals surface area contributed by atoms with Crippen LogP contribution < -0.4 is 5.73 Å². The summed E-state index contributed by atoms with van der Waals surface area (Å²) < 4.78 is 7.35. The molecule has 2 rings (SSSR count). The molecule has 0 aliphatic rings. The lowest BCUT2D eigenvalue weighted by Gasteiger charge is -2.16. The van der Waals surface area contributed by atoms with Crippen molar-refractivity contribution in [1.82, 2.24) is 9.78 Å². The minimum atomic E-state index is 0.547. The zero-order valence-electron chi connectivity index (χ0n) is 17.1. The van der Waals surface area contributed by atoms with Crippen LogP contribution in [-0.4, -0.2) is 16.9 Å². The van der Waals surface area contributed by atoms with Crippen LogP contribution in [0, 0.1) is 18.3 Å². The van der Waals surface area contributed by atoms with E-state index in [-0.39, 0.29) is 0 Å². The third-order valence-corrected chi connectivity index (χ3v) is 5.13. The van der Waals surface area contributed by atoms with E-state index in [2.05, 4.69) is 31.9 Å². The van der Waals surface area contributed by atoms with E-state index in [0.29, 0.717) is 17.9 Å². The molecule has 0 unspecified atom stereocenters. The van der Waals surface area contributed by atoms with Crippen LogP contribution in [-0.2, 0) is 11.3 Å². The van der Waals surface area contributed by atoms with Gasteiger partial charge < -0.3 is 10.5 Å². The molecule has 5 nitrogen and oxygen atoms in total. The average molecular weight is 364 g/mol. The van der Waals surface area contributed by atoms with Crippen molar-refractivity contribution in [1.29, 1.82) is 5.26 Å². The smallest absolute Gasteiger partial charge is 0.130 e. The van der Waals surface area contributed by atoms with Crippen LogP contribution in [0.2, 0.25) is 0 Å². The molecule has 2 aromatic rings. The predicted octanol–water partition coefficient (Wildman–Crippen LogP) is 4.98. The maximum atomic E-state index is 8.99. The largest absolute Gasteiger partial charge is 0.501 e. The number of hydrogen-bond donors (Lipinski definition) is 1. The number of nitriles is 1. The molecule has 142 valence electrons. The molecule has 27 heavy (non-hydrogen) atoms. The number of rotatable bonds is 6. The van der Waals surface area contributed by atoms with Crippen molar-refractivity contribution in [2.45, 2.75) is 47.6 Å². The average Bonchev–Trinajstić information content (AvgIpc) is 2.97.